The quantitative estimate of drug-likeness (QED) is 0.597. The monoisotopic (exact) mass is 406 g/mol. The molecule has 3 rings (SSSR count). The van der Waals surface area contributed by atoms with E-state index in [9.17, 15) is 8.42 Å². The Hall–Kier alpha value is -2.38. The van der Waals surface area contributed by atoms with Crippen LogP contribution in [0, 0.1) is 0 Å². The summed E-state index contributed by atoms with van der Waals surface area (Å²) in [6.45, 7) is 0. The normalized spacial score (nSPS) is 11.5. The number of aromatic nitrogens is 2. The van der Waals surface area contributed by atoms with Gasteiger partial charge in [-0.2, -0.15) is 4.98 Å². The molecule has 0 aliphatic carbocycles. The first-order valence-electron chi connectivity index (χ1n) is 8.28. The third kappa shape index (κ3) is 4.87. The summed E-state index contributed by atoms with van der Waals surface area (Å²) in [5, 5.41) is 4.71. The molecule has 1 heterocycles. The number of sulfone groups is 1. The van der Waals surface area contributed by atoms with Crippen LogP contribution in [0.3, 0.4) is 0 Å². The van der Waals surface area contributed by atoms with Crippen molar-refractivity contribution in [1.29, 1.82) is 0 Å². The van der Waals surface area contributed by atoms with Crippen molar-refractivity contribution in [3.8, 4) is 5.75 Å². The number of hydrogen-bond acceptors (Lipinski definition) is 6. The van der Waals surface area contributed by atoms with E-state index in [0.29, 0.717) is 36.7 Å². The summed E-state index contributed by atoms with van der Waals surface area (Å²) in [6, 6.07) is 12.6. The molecule has 0 saturated carbocycles. The van der Waals surface area contributed by atoms with Crippen molar-refractivity contribution in [2.24, 2.45) is 0 Å². The summed E-state index contributed by atoms with van der Waals surface area (Å²) in [6.07, 6.45) is 2.86. The van der Waals surface area contributed by atoms with Crippen LogP contribution in [0.5, 0.6) is 5.75 Å². The first-order valence-corrected chi connectivity index (χ1v) is 10.6. The lowest BCUT2D eigenvalue weighted by molar-refractivity contribution is 0.373. The second-order valence-corrected chi connectivity index (χ2v) is 8.52. The fourth-order valence-corrected chi connectivity index (χ4v) is 3.77. The molecular weight excluding hydrogens is 388 g/mol. The molecule has 0 radical (unpaired) electrons. The number of halogens is 1. The molecule has 3 aromatic rings. The van der Waals surface area contributed by atoms with Gasteiger partial charge in [-0.05, 0) is 35.7 Å². The minimum absolute atomic E-state index is 0.155. The molecule has 0 aliphatic rings. The highest BCUT2D eigenvalue weighted by Crippen LogP contribution is 2.26. The zero-order valence-corrected chi connectivity index (χ0v) is 16.5. The fraction of sp³-hybridized carbons (Fsp3) is 0.263. The number of ether oxygens (including phenoxy) is 1. The molecule has 0 amide bonds. The van der Waals surface area contributed by atoms with Crippen LogP contribution in [-0.2, 0) is 29.1 Å². The number of methoxy groups -OCH3 is 1. The molecule has 0 atom stereocenters. The van der Waals surface area contributed by atoms with Crippen molar-refractivity contribution in [2.75, 3.05) is 13.4 Å². The Morgan fingerprint density at radius 1 is 1.15 bits per heavy atom. The van der Waals surface area contributed by atoms with E-state index in [1.165, 1.54) is 13.2 Å². The SMILES string of the molecule is COc1cc(Cc2noc(CCc3ccccc3Cl)n2)ccc1S(C)(=O)=O. The molecular formula is C19H19ClN2O4S. The average molecular weight is 407 g/mol. The third-order valence-corrected chi connectivity index (χ3v) is 5.57. The molecule has 27 heavy (non-hydrogen) atoms. The highest BCUT2D eigenvalue weighted by Gasteiger charge is 2.16. The molecule has 0 bridgehead atoms. The average Bonchev–Trinajstić information content (AvgIpc) is 3.07. The number of benzene rings is 2. The predicted molar refractivity (Wildman–Crippen MR) is 102 cm³/mol. The van der Waals surface area contributed by atoms with Crippen molar-refractivity contribution < 1.29 is 17.7 Å². The van der Waals surface area contributed by atoms with Gasteiger partial charge in [0, 0.05) is 24.1 Å². The van der Waals surface area contributed by atoms with Gasteiger partial charge in [0.1, 0.15) is 10.6 Å². The van der Waals surface area contributed by atoms with Gasteiger partial charge in [-0.1, -0.05) is 41.0 Å². The number of hydrogen-bond donors (Lipinski definition) is 0. The van der Waals surface area contributed by atoms with Crippen LogP contribution in [0.2, 0.25) is 5.02 Å². The van der Waals surface area contributed by atoms with E-state index >= 15 is 0 Å². The van der Waals surface area contributed by atoms with Crippen molar-refractivity contribution in [3.05, 3.63) is 70.3 Å². The Morgan fingerprint density at radius 3 is 2.63 bits per heavy atom. The molecule has 0 aliphatic heterocycles. The van der Waals surface area contributed by atoms with E-state index in [-0.39, 0.29) is 4.90 Å². The van der Waals surface area contributed by atoms with Gasteiger partial charge < -0.3 is 9.26 Å². The van der Waals surface area contributed by atoms with Gasteiger partial charge in [0.25, 0.3) is 0 Å². The van der Waals surface area contributed by atoms with Crippen LogP contribution in [0.1, 0.15) is 22.8 Å². The first-order chi connectivity index (χ1) is 12.9. The van der Waals surface area contributed by atoms with E-state index in [2.05, 4.69) is 10.1 Å². The van der Waals surface area contributed by atoms with Crippen molar-refractivity contribution in [3.63, 3.8) is 0 Å². The molecule has 0 saturated heterocycles. The largest absolute Gasteiger partial charge is 0.495 e. The van der Waals surface area contributed by atoms with Gasteiger partial charge in [-0.3, -0.25) is 0 Å². The summed E-state index contributed by atoms with van der Waals surface area (Å²) in [4.78, 5) is 4.55. The second-order valence-electron chi connectivity index (χ2n) is 6.13. The number of rotatable bonds is 7. The molecule has 1 aromatic heterocycles. The smallest absolute Gasteiger partial charge is 0.226 e. The summed E-state index contributed by atoms with van der Waals surface area (Å²) < 4.78 is 34.0. The lowest BCUT2D eigenvalue weighted by Gasteiger charge is -2.08. The predicted octanol–water partition coefficient (Wildman–Crippen LogP) is 3.51. The van der Waals surface area contributed by atoms with Crippen LogP contribution >= 0.6 is 11.6 Å². The third-order valence-electron chi connectivity index (χ3n) is 4.07. The molecule has 8 heteroatoms. The Morgan fingerprint density at radius 2 is 1.93 bits per heavy atom. The molecule has 2 aromatic carbocycles. The lowest BCUT2D eigenvalue weighted by atomic mass is 10.1. The van der Waals surface area contributed by atoms with Gasteiger partial charge in [0.15, 0.2) is 15.7 Å². The molecule has 0 spiro atoms. The standard InChI is InChI=1S/C19H19ClN2O4S/c1-25-16-11-13(7-9-17(16)27(2,23)24)12-18-21-19(26-22-18)10-8-14-5-3-4-6-15(14)20/h3-7,9,11H,8,10,12H2,1-2H3. The highest BCUT2D eigenvalue weighted by atomic mass is 35.5. The summed E-state index contributed by atoms with van der Waals surface area (Å²) in [7, 11) is -1.91. The molecule has 6 nitrogen and oxygen atoms in total. The zero-order chi connectivity index (χ0) is 19.4. The van der Waals surface area contributed by atoms with Crippen molar-refractivity contribution in [1.82, 2.24) is 10.1 Å². The summed E-state index contributed by atoms with van der Waals surface area (Å²) in [5.41, 5.74) is 1.86. The van der Waals surface area contributed by atoms with Gasteiger partial charge in [0.05, 0.1) is 7.11 Å². The second kappa shape index (κ2) is 8.10. The Labute approximate surface area is 163 Å². The van der Waals surface area contributed by atoms with Crippen LogP contribution < -0.4 is 4.74 Å². The van der Waals surface area contributed by atoms with Gasteiger partial charge >= 0.3 is 0 Å². The van der Waals surface area contributed by atoms with Crippen LogP contribution in [0.4, 0.5) is 0 Å². The van der Waals surface area contributed by atoms with Gasteiger partial charge in [-0.15, -0.1) is 0 Å². The lowest BCUT2D eigenvalue weighted by Crippen LogP contribution is -2.02. The number of nitrogens with zero attached hydrogens (tertiary/aromatic N) is 2. The maximum atomic E-state index is 11.8. The Bertz CT molecular complexity index is 1050. The maximum Gasteiger partial charge on any atom is 0.226 e. The zero-order valence-electron chi connectivity index (χ0n) is 15.0. The number of aryl methyl sites for hydroxylation is 2. The first kappa shape index (κ1) is 19.4. The van der Waals surface area contributed by atoms with E-state index < -0.39 is 9.84 Å². The minimum atomic E-state index is -3.35. The molecule has 0 unspecified atom stereocenters. The molecule has 0 fully saturated rings. The van der Waals surface area contributed by atoms with Crippen molar-refractivity contribution in [2.45, 2.75) is 24.2 Å². The van der Waals surface area contributed by atoms with Gasteiger partial charge in [-0.25, -0.2) is 8.42 Å². The van der Waals surface area contributed by atoms with E-state index in [4.69, 9.17) is 20.9 Å². The van der Waals surface area contributed by atoms with Crippen LogP contribution in [0.15, 0.2) is 51.9 Å². The molecule has 0 N–H and O–H groups in total. The van der Waals surface area contributed by atoms with Crippen LogP contribution in [0.25, 0.3) is 0 Å². The maximum absolute atomic E-state index is 11.8. The molecule has 142 valence electrons. The van der Waals surface area contributed by atoms with Crippen LogP contribution in [-0.4, -0.2) is 31.9 Å². The van der Waals surface area contributed by atoms with Gasteiger partial charge in [0.2, 0.25) is 5.89 Å². The Balaban J connectivity index is 1.70. The van der Waals surface area contributed by atoms with E-state index in [1.54, 1.807) is 12.1 Å². The fourth-order valence-electron chi connectivity index (χ4n) is 2.72. The van der Waals surface area contributed by atoms with E-state index in [1.807, 2.05) is 24.3 Å². The summed E-state index contributed by atoms with van der Waals surface area (Å²) in [5.74, 6) is 1.36. The van der Waals surface area contributed by atoms with Crippen molar-refractivity contribution >= 4 is 21.4 Å². The topological polar surface area (TPSA) is 82.3 Å². The highest BCUT2D eigenvalue weighted by molar-refractivity contribution is 7.90. The summed E-state index contributed by atoms with van der Waals surface area (Å²) >= 11 is 6.16. The minimum Gasteiger partial charge on any atom is -0.495 e. The van der Waals surface area contributed by atoms with E-state index in [0.717, 1.165) is 22.4 Å². The Kier molecular flexibility index (Phi) is 5.82.